The van der Waals surface area contributed by atoms with Crippen molar-refractivity contribution < 1.29 is 0 Å². The highest BCUT2D eigenvalue weighted by atomic mass is 15.0. The molecule has 12 heavy (non-hydrogen) atoms. The third-order valence-electron chi connectivity index (χ3n) is 2.80. The van der Waals surface area contributed by atoms with Gasteiger partial charge in [-0.3, -0.25) is 0 Å². The minimum absolute atomic E-state index is 0.871. The van der Waals surface area contributed by atoms with Crippen LogP contribution in [0.1, 0.15) is 52.4 Å². The second-order valence-electron chi connectivity index (χ2n) is 4.19. The van der Waals surface area contributed by atoms with Crippen LogP contribution in [-0.2, 0) is 0 Å². The second kappa shape index (κ2) is 5.58. The Morgan fingerprint density at radius 2 is 1.83 bits per heavy atom. The van der Waals surface area contributed by atoms with Crippen LogP contribution in [0.4, 0.5) is 0 Å². The highest BCUT2D eigenvalue weighted by Crippen LogP contribution is 2.28. The quantitative estimate of drug-likeness (QED) is 0.578. The summed E-state index contributed by atoms with van der Waals surface area (Å²) in [6, 6.07) is 0.871. The molecule has 2 atom stereocenters. The zero-order valence-electron chi connectivity index (χ0n) is 8.60. The number of hydrogen-bond donors (Lipinski definition) is 1. The smallest absolute Gasteiger partial charge is 0.00963 e. The first-order chi connectivity index (χ1) is 5.84. The lowest BCUT2D eigenvalue weighted by atomic mass is 10.1. The fraction of sp³-hybridized carbons (Fsp3) is 1.00. The highest BCUT2D eigenvalue weighted by molar-refractivity contribution is 4.89. The largest absolute Gasteiger partial charge is 0.314 e. The van der Waals surface area contributed by atoms with Gasteiger partial charge < -0.3 is 5.32 Å². The van der Waals surface area contributed by atoms with Crippen LogP contribution in [-0.4, -0.2) is 12.6 Å². The first kappa shape index (κ1) is 10.0. The number of rotatable bonds is 7. The molecule has 72 valence electrons. The van der Waals surface area contributed by atoms with E-state index >= 15 is 0 Å². The molecule has 0 aromatic heterocycles. The van der Waals surface area contributed by atoms with E-state index in [2.05, 4.69) is 19.2 Å². The van der Waals surface area contributed by atoms with E-state index in [0.29, 0.717) is 0 Å². The number of hydrogen-bond acceptors (Lipinski definition) is 1. The third kappa shape index (κ3) is 4.10. The van der Waals surface area contributed by atoms with Crippen LogP contribution in [0.25, 0.3) is 0 Å². The van der Waals surface area contributed by atoms with Crippen LogP contribution in [0.15, 0.2) is 0 Å². The summed E-state index contributed by atoms with van der Waals surface area (Å²) in [4.78, 5) is 0. The fourth-order valence-electron chi connectivity index (χ4n) is 1.62. The molecular weight excluding hydrogens is 146 g/mol. The zero-order valence-corrected chi connectivity index (χ0v) is 8.60. The summed E-state index contributed by atoms with van der Waals surface area (Å²) in [5, 5.41) is 3.58. The Morgan fingerprint density at radius 1 is 1.17 bits per heavy atom. The van der Waals surface area contributed by atoms with Gasteiger partial charge in [-0.25, -0.2) is 0 Å². The lowest BCUT2D eigenvalue weighted by Crippen LogP contribution is -2.18. The van der Waals surface area contributed by atoms with E-state index < -0.39 is 0 Å². The predicted molar refractivity (Wildman–Crippen MR) is 54.3 cm³/mol. The van der Waals surface area contributed by atoms with Gasteiger partial charge >= 0.3 is 0 Å². The maximum atomic E-state index is 3.58. The summed E-state index contributed by atoms with van der Waals surface area (Å²) >= 11 is 0. The molecule has 1 fully saturated rings. The van der Waals surface area contributed by atoms with Crippen molar-refractivity contribution in [2.24, 2.45) is 5.92 Å². The van der Waals surface area contributed by atoms with Crippen molar-refractivity contribution in [3.05, 3.63) is 0 Å². The summed E-state index contributed by atoms with van der Waals surface area (Å²) in [5.41, 5.74) is 0. The van der Waals surface area contributed by atoms with Crippen molar-refractivity contribution in [3.8, 4) is 0 Å². The van der Waals surface area contributed by atoms with E-state index in [9.17, 15) is 0 Å². The second-order valence-corrected chi connectivity index (χ2v) is 4.19. The van der Waals surface area contributed by atoms with Crippen molar-refractivity contribution >= 4 is 0 Å². The summed E-state index contributed by atoms with van der Waals surface area (Å²) in [6.45, 7) is 5.84. The van der Waals surface area contributed by atoms with Crippen LogP contribution < -0.4 is 5.32 Å². The van der Waals surface area contributed by atoms with E-state index in [1.54, 1.807) is 0 Å². The van der Waals surface area contributed by atoms with Crippen LogP contribution in [0.5, 0.6) is 0 Å². The van der Waals surface area contributed by atoms with Crippen molar-refractivity contribution in [2.75, 3.05) is 6.54 Å². The lowest BCUT2D eigenvalue weighted by Gasteiger charge is -2.02. The summed E-state index contributed by atoms with van der Waals surface area (Å²) < 4.78 is 0. The van der Waals surface area contributed by atoms with E-state index in [4.69, 9.17) is 0 Å². The minimum atomic E-state index is 0.871. The molecule has 1 nitrogen and oxygen atoms in total. The molecule has 0 saturated heterocycles. The highest BCUT2D eigenvalue weighted by Gasteiger charge is 2.31. The Labute approximate surface area is 76.9 Å². The SMILES string of the molecule is CCCCCCCNC1CC1C. The molecule has 1 saturated carbocycles. The van der Waals surface area contributed by atoms with Gasteiger partial charge in [0.25, 0.3) is 0 Å². The zero-order chi connectivity index (χ0) is 8.81. The van der Waals surface area contributed by atoms with Crippen LogP contribution in [0.2, 0.25) is 0 Å². The molecule has 0 spiro atoms. The van der Waals surface area contributed by atoms with E-state index in [1.807, 2.05) is 0 Å². The molecular formula is C11H23N. The van der Waals surface area contributed by atoms with Crippen molar-refractivity contribution in [2.45, 2.75) is 58.4 Å². The molecule has 0 amide bonds. The summed E-state index contributed by atoms with van der Waals surface area (Å²) in [5.74, 6) is 0.959. The van der Waals surface area contributed by atoms with Gasteiger partial charge in [0.2, 0.25) is 0 Å². The van der Waals surface area contributed by atoms with Crippen molar-refractivity contribution in [1.29, 1.82) is 0 Å². The molecule has 2 unspecified atom stereocenters. The average molecular weight is 169 g/mol. The van der Waals surface area contributed by atoms with Gasteiger partial charge in [-0.2, -0.15) is 0 Å². The molecule has 1 N–H and O–H groups in total. The molecule has 0 aromatic carbocycles. The monoisotopic (exact) mass is 169 g/mol. The maximum absolute atomic E-state index is 3.58. The van der Waals surface area contributed by atoms with Crippen LogP contribution in [0, 0.1) is 5.92 Å². The summed E-state index contributed by atoms with van der Waals surface area (Å²) in [7, 11) is 0. The lowest BCUT2D eigenvalue weighted by molar-refractivity contribution is 0.571. The number of unbranched alkanes of at least 4 members (excludes halogenated alkanes) is 4. The van der Waals surface area contributed by atoms with Gasteiger partial charge in [0, 0.05) is 6.04 Å². The molecule has 0 aromatic rings. The molecule has 0 bridgehead atoms. The van der Waals surface area contributed by atoms with Gasteiger partial charge in [0.15, 0.2) is 0 Å². The Balaban J connectivity index is 1.72. The minimum Gasteiger partial charge on any atom is -0.314 e. The molecule has 1 heteroatoms. The van der Waals surface area contributed by atoms with Gasteiger partial charge in [0.05, 0.1) is 0 Å². The normalized spacial score (nSPS) is 27.5. The third-order valence-corrected chi connectivity index (χ3v) is 2.80. The predicted octanol–water partition coefficient (Wildman–Crippen LogP) is 2.95. The molecule has 1 aliphatic rings. The Morgan fingerprint density at radius 3 is 2.42 bits per heavy atom. The van der Waals surface area contributed by atoms with E-state index in [-0.39, 0.29) is 0 Å². The van der Waals surface area contributed by atoms with Crippen LogP contribution >= 0.6 is 0 Å². The standard InChI is InChI=1S/C11H23N/c1-3-4-5-6-7-8-12-11-9-10(11)2/h10-12H,3-9H2,1-2H3. The Bertz CT molecular complexity index is 112. The first-order valence-electron chi connectivity index (χ1n) is 5.58. The van der Waals surface area contributed by atoms with E-state index in [0.717, 1.165) is 12.0 Å². The molecule has 0 radical (unpaired) electrons. The molecule has 0 heterocycles. The molecule has 0 aliphatic heterocycles. The molecule has 1 aliphatic carbocycles. The van der Waals surface area contributed by atoms with Crippen LogP contribution in [0.3, 0.4) is 0 Å². The topological polar surface area (TPSA) is 12.0 Å². The fourth-order valence-corrected chi connectivity index (χ4v) is 1.62. The van der Waals surface area contributed by atoms with Gasteiger partial charge in [0.1, 0.15) is 0 Å². The maximum Gasteiger partial charge on any atom is 0.00963 e. The average Bonchev–Trinajstić information content (AvgIpc) is 2.74. The summed E-state index contributed by atoms with van der Waals surface area (Å²) in [6.07, 6.45) is 8.41. The Hall–Kier alpha value is -0.0400. The number of nitrogens with one attached hydrogen (secondary N) is 1. The Kier molecular flexibility index (Phi) is 4.67. The van der Waals surface area contributed by atoms with Crippen molar-refractivity contribution in [3.63, 3.8) is 0 Å². The first-order valence-corrected chi connectivity index (χ1v) is 5.58. The van der Waals surface area contributed by atoms with Gasteiger partial charge in [-0.05, 0) is 25.3 Å². The molecule has 1 rings (SSSR count). The van der Waals surface area contributed by atoms with E-state index in [1.165, 1.54) is 45.1 Å². The van der Waals surface area contributed by atoms with Gasteiger partial charge in [-0.1, -0.05) is 39.5 Å². The van der Waals surface area contributed by atoms with Crippen molar-refractivity contribution in [1.82, 2.24) is 5.32 Å². The van der Waals surface area contributed by atoms with Gasteiger partial charge in [-0.15, -0.1) is 0 Å².